The average Bonchev–Trinajstić information content (AvgIpc) is 3.19. The van der Waals surface area contributed by atoms with Crippen molar-refractivity contribution in [2.45, 2.75) is 37.8 Å². The van der Waals surface area contributed by atoms with Crippen molar-refractivity contribution in [3.05, 3.63) is 35.1 Å². The lowest BCUT2D eigenvalue weighted by Crippen LogP contribution is -2.53. The van der Waals surface area contributed by atoms with Gasteiger partial charge in [0.2, 0.25) is 0 Å². The normalized spacial score (nSPS) is 24.8. The second-order valence-corrected chi connectivity index (χ2v) is 7.47. The maximum absolute atomic E-state index is 5.99. The highest BCUT2D eigenvalue weighted by atomic mass is 35.5. The molecule has 0 saturated carbocycles. The van der Waals surface area contributed by atoms with E-state index >= 15 is 0 Å². The second kappa shape index (κ2) is 6.47. The van der Waals surface area contributed by atoms with E-state index < -0.39 is 0 Å². The highest BCUT2D eigenvalue weighted by Crippen LogP contribution is 2.34. The molecule has 0 amide bonds. The van der Waals surface area contributed by atoms with Gasteiger partial charge < -0.3 is 9.88 Å². The molecule has 0 bridgehead atoms. The van der Waals surface area contributed by atoms with Gasteiger partial charge in [0.15, 0.2) is 5.82 Å². The van der Waals surface area contributed by atoms with Crippen molar-refractivity contribution < 1.29 is 0 Å². The molecule has 2 aromatic rings. The summed E-state index contributed by atoms with van der Waals surface area (Å²) in [6.45, 7) is 4.27. The molecule has 24 heavy (non-hydrogen) atoms. The number of nitrogens with one attached hydrogen (secondary N) is 1. The van der Waals surface area contributed by atoms with Crippen LogP contribution in [0.1, 0.15) is 31.5 Å². The minimum absolute atomic E-state index is 0.324. The Morgan fingerprint density at radius 3 is 2.75 bits per heavy atom. The predicted molar refractivity (Wildman–Crippen MR) is 95.9 cm³/mol. The summed E-state index contributed by atoms with van der Waals surface area (Å²) in [5, 5.41) is 13.2. The third-order valence-electron chi connectivity index (χ3n) is 5.61. The fourth-order valence-electron chi connectivity index (χ4n) is 4.13. The molecule has 1 N–H and O–H groups in total. The lowest BCUT2D eigenvalue weighted by molar-refractivity contribution is 0.0513. The number of benzene rings is 1. The van der Waals surface area contributed by atoms with Crippen LogP contribution >= 0.6 is 11.6 Å². The van der Waals surface area contributed by atoms with Gasteiger partial charge in [-0.1, -0.05) is 18.0 Å². The minimum atomic E-state index is 0.324. The predicted octanol–water partition coefficient (Wildman–Crippen LogP) is 2.85. The van der Waals surface area contributed by atoms with Gasteiger partial charge in [-0.05, 0) is 56.6 Å². The van der Waals surface area contributed by atoms with E-state index in [2.05, 4.69) is 32.0 Å². The first kappa shape index (κ1) is 16.1. The van der Waals surface area contributed by atoms with Crippen molar-refractivity contribution in [1.29, 1.82) is 0 Å². The van der Waals surface area contributed by atoms with Gasteiger partial charge >= 0.3 is 0 Å². The molecule has 1 spiro atoms. The van der Waals surface area contributed by atoms with Gasteiger partial charge in [0.1, 0.15) is 5.82 Å². The summed E-state index contributed by atoms with van der Waals surface area (Å²) in [7, 11) is 2.06. The molecule has 1 atom stereocenters. The fourth-order valence-corrected chi connectivity index (χ4v) is 4.26. The van der Waals surface area contributed by atoms with E-state index in [-0.39, 0.29) is 0 Å². The van der Waals surface area contributed by atoms with E-state index in [1.54, 1.807) is 0 Å². The number of nitrogens with zero attached hydrogens (tertiary/aromatic N) is 4. The minimum Gasteiger partial charge on any atom is -0.315 e. The van der Waals surface area contributed by atoms with Gasteiger partial charge in [0, 0.05) is 29.7 Å². The van der Waals surface area contributed by atoms with Gasteiger partial charge in [-0.25, -0.2) is 0 Å². The molecule has 2 aliphatic rings. The Morgan fingerprint density at radius 1 is 1.17 bits per heavy atom. The Morgan fingerprint density at radius 2 is 2.00 bits per heavy atom. The Labute approximate surface area is 148 Å². The number of rotatable bonds is 3. The lowest BCUT2D eigenvalue weighted by Gasteiger charge is -2.44. The van der Waals surface area contributed by atoms with Gasteiger partial charge in [0.05, 0.1) is 6.54 Å². The summed E-state index contributed by atoms with van der Waals surface area (Å²) < 4.78 is 2.12. The number of aromatic nitrogens is 3. The largest absolute Gasteiger partial charge is 0.315 e. The van der Waals surface area contributed by atoms with Crippen molar-refractivity contribution in [3.8, 4) is 11.4 Å². The molecule has 0 aliphatic carbocycles. The molecule has 5 nitrogen and oxygen atoms in total. The van der Waals surface area contributed by atoms with Crippen LogP contribution in [-0.4, -0.2) is 44.8 Å². The summed E-state index contributed by atoms with van der Waals surface area (Å²) in [5.41, 5.74) is 1.38. The van der Waals surface area contributed by atoms with Crippen LogP contribution in [0.4, 0.5) is 0 Å². The van der Waals surface area contributed by atoms with Crippen LogP contribution in [0, 0.1) is 0 Å². The molecule has 128 valence electrons. The van der Waals surface area contributed by atoms with Crippen LogP contribution in [0.3, 0.4) is 0 Å². The first-order chi connectivity index (χ1) is 11.7. The maximum Gasteiger partial charge on any atom is 0.163 e. The fraction of sp³-hybridized carbons (Fsp3) is 0.556. The Bertz CT molecular complexity index is 703. The van der Waals surface area contributed by atoms with E-state index in [0.717, 1.165) is 48.4 Å². The van der Waals surface area contributed by atoms with E-state index in [1.165, 1.54) is 25.7 Å². The van der Waals surface area contributed by atoms with Gasteiger partial charge in [-0.3, -0.25) is 4.90 Å². The molecule has 6 heteroatoms. The summed E-state index contributed by atoms with van der Waals surface area (Å²) >= 11 is 5.99. The number of piperidine rings is 1. The van der Waals surface area contributed by atoms with E-state index in [0.29, 0.717) is 5.54 Å². The zero-order chi connectivity index (χ0) is 16.6. The van der Waals surface area contributed by atoms with Crippen LogP contribution < -0.4 is 5.32 Å². The molecular formula is C18H24ClN5. The monoisotopic (exact) mass is 345 g/mol. The third kappa shape index (κ3) is 2.85. The topological polar surface area (TPSA) is 46.0 Å². The van der Waals surface area contributed by atoms with E-state index in [9.17, 15) is 0 Å². The maximum atomic E-state index is 5.99. The number of halogens is 1. The van der Waals surface area contributed by atoms with Gasteiger partial charge in [-0.2, -0.15) is 0 Å². The SMILES string of the molecule is Cn1c(CN2CCCCC23CCNC3)nnc1-c1ccc(Cl)cc1. The Kier molecular flexibility index (Phi) is 4.33. The average molecular weight is 346 g/mol. The van der Waals surface area contributed by atoms with Crippen molar-refractivity contribution in [2.75, 3.05) is 19.6 Å². The van der Waals surface area contributed by atoms with Crippen molar-refractivity contribution in [2.24, 2.45) is 7.05 Å². The summed E-state index contributed by atoms with van der Waals surface area (Å²) in [6.07, 6.45) is 5.16. The number of hydrogen-bond donors (Lipinski definition) is 1. The smallest absolute Gasteiger partial charge is 0.163 e. The van der Waals surface area contributed by atoms with Crippen LogP contribution in [0.5, 0.6) is 0 Å². The third-order valence-corrected chi connectivity index (χ3v) is 5.86. The number of hydrogen-bond acceptors (Lipinski definition) is 4. The molecule has 1 unspecified atom stereocenters. The Balaban J connectivity index is 1.58. The van der Waals surface area contributed by atoms with Gasteiger partial charge in [0.25, 0.3) is 0 Å². The van der Waals surface area contributed by atoms with Crippen molar-refractivity contribution in [3.63, 3.8) is 0 Å². The molecule has 2 fully saturated rings. The lowest BCUT2D eigenvalue weighted by atomic mass is 9.86. The molecule has 2 aliphatic heterocycles. The van der Waals surface area contributed by atoms with Crippen LogP contribution in [0.25, 0.3) is 11.4 Å². The quantitative estimate of drug-likeness (QED) is 0.929. The van der Waals surface area contributed by atoms with E-state index in [4.69, 9.17) is 11.6 Å². The summed E-state index contributed by atoms with van der Waals surface area (Å²) in [6, 6.07) is 7.79. The first-order valence-electron chi connectivity index (χ1n) is 8.78. The van der Waals surface area contributed by atoms with Crippen molar-refractivity contribution >= 4 is 11.6 Å². The summed E-state index contributed by atoms with van der Waals surface area (Å²) in [4.78, 5) is 2.63. The molecule has 2 saturated heterocycles. The first-order valence-corrected chi connectivity index (χ1v) is 9.16. The second-order valence-electron chi connectivity index (χ2n) is 7.04. The molecule has 1 aromatic carbocycles. The van der Waals surface area contributed by atoms with Crippen LogP contribution in [0.15, 0.2) is 24.3 Å². The molecular weight excluding hydrogens is 322 g/mol. The van der Waals surface area contributed by atoms with Gasteiger partial charge in [-0.15, -0.1) is 10.2 Å². The van der Waals surface area contributed by atoms with Crippen LogP contribution in [0.2, 0.25) is 5.02 Å². The highest BCUT2D eigenvalue weighted by molar-refractivity contribution is 6.30. The van der Waals surface area contributed by atoms with E-state index in [1.807, 2.05) is 24.3 Å². The van der Waals surface area contributed by atoms with Crippen molar-refractivity contribution in [1.82, 2.24) is 25.0 Å². The standard InChI is InChI=1S/C18H24ClN5/c1-23-16(21-22-17(23)14-4-6-15(19)7-5-14)12-24-11-3-2-8-18(24)9-10-20-13-18/h4-7,20H,2-3,8-13H2,1H3. The Hall–Kier alpha value is -1.43. The molecule has 1 aromatic heterocycles. The molecule has 0 radical (unpaired) electrons. The summed E-state index contributed by atoms with van der Waals surface area (Å²) in [5.74, 6) is 1.94. The van der Waals surface area contributed by atoms with Crippen LogP contribution in [-0.2, 0) is 13.6 Å². The zero-order valence-corrected chi connectivity index (χ0v) is 14.9. The highest BCUT2D eigenvalue weighted by Gasteiger charge is 2.41. The number of likely N-dealkylation sites (tertiary alicyclic amines) is 1. The molecule has 4 rings (SSSR count). The zero-order valence-electron chi connectivity index (χ0n) is 14.1. The molecule has 3 heterocycles.